The summed E-state index contributed by atoms with van der Waals surface area (Å²) < 4.78 is 17.1. The molecular weight excluding hydrogens is 392 g/mol. The summed E-state index contributed by atoms with van der Waals surface area (Å²) in [4.78, 5) is 4.69. The monoisotopic (exact) mass is 413 g/mol. The van der Waals surface area contributed by atoms with Crippen LogP contribution in [0.4, 0.5) is 4.39 Å². The van der Waals surface area contributed by atoms with Gasteiger partial charge in [-0.05, 0) is 59.5 Å². The third-order valence-corrected chi connectivity index (χ3v) is 5.17. The third kappa shape index (κ3) is 3.06. The largest absolute Gasteiger partial charge is 0.328 e. The van der Waals surface area contributed by atoms with Crippen LogP contribution in [0, 0.1) is 16.4 Å². The molecule has 1 aromatic carbocycles. The van der Waals surface area contributed by atoms with Crippen LogP contribution in [0.15, 0.2) is 18.2 Å². The van der Waals surface area contributed by atoms with Crippen molar-refractivity contribution in [3.63, 3.8) is 0 Å². The highest BCUT2D eigenvalue weighted by atomic mass is 127. The predicted molar refractivity (Wildman–Crippen MR) is 94.5 cm³/mol. The van der Waals surface area contributed by atoms with Gasteiger partial charge in [0.1, 0.15) is 15.3 Å². The number of aromatic nitrogens is 2. The molecule has 3 rings (SSSR count). The number of halogens is 2. The SMILES string of the molecule is CCc1nc(I)c2n1CCNC2CCc1ccc(C)c(F)c1. The third-order valence-electron chi connectivity index (χ3n) is 4.37. The zero-order chi connectivity index (χ0) is 15.7. The summed E-state index contributed by atoms with van der Waals surface area (Å²) in [5.41, 5.74) is 3.07. The maximum atomic E-state index is 13.7. The van der Waals surface area contributed by atoms with E-state index in [9.17, 15) is 4.39 Å². The number of hydrogen-bond donors (Lipinski definition) is 1. The second-order valence-corrected chi connectivity index (χ2v) is 6.86. The Labute approximate surface area is 144 Å². The van der Waals surface area contributed by atoms with Crippen molar-refractivity contribution in [3.05, 3.63) is 50.4 Å². The number of hydrogen-bond acceptors (Lipinski definition) is 2. The number of fused-ring (bicyclic) bond motifs is 1. The summed E-state index contributed by atoms with van der Waals surface area (Å²) in [5, 5.41) is 3.59. The Hall–Kier alpha value is -0.950. The lowest BCUT2D eigenvalue weighted by atomic mass is 10.0. The van der Waals surface area contributed by atoms with Gasteiger partial charge in [0.2, 0.25) is 0 Å². The van der Waals surface area contributed by atoms with Crippen molar-refractivity contribution >= 4 is 22.6 Å². The molecule has 2 aromatic rings. The topological polar surface area (TPSA) is 29.9 Å². The van der Waals surface area contributed by atoms with E-state index in [4.69, 9.17) is 4.98 Å². The van der Waals surface area contributed by atoms with Crippen LogP contribution in [-0.4, -0.2) is 16.1 Å². The van der Waals surface area contributed by atoms with Crippen LogP contribution < -0.4 is 5.32 Å². The number of nitrogens with one attached hydrogen (secondary N) is 1. The molecule has 1 atom stereocenters. The van der Waals surface area contributed by atoms with Gasteiger partial charge in [0.05, 0.1) is 11.7 Å². The first-order valence-electron chi connectivity index (χ1n) is 7.83. The minimum atomic E-state index is -0.109. The van der Waals surface area contributed by atoms with E-state index in [2.05, 4.69) is 39.4 Å². The Balaban J connectivity index is 1.77. The summed E-state index contributed by atoms with van der Waals surface area (Å²) in [7, 11) is 0. The van der Waals surface area contributed by atoms with Crippen molar-refractivity contribution in [2.75, 3.05) is 6.54 Å². The Kier molecular flexibility index (Phi) is 4.82. The van der Waals surface area contributed by atoms with Gasteiger partial charge in [-0.1, -0.05) is 19.1 Å². The Morgan fingerprint density at radius 1 is 1.45 bits per heavy atom. The van der Waals surface area contributed by atoms with Crippen LogP contribution in [0.1, 0.15) is 42.0 Å². The van der Waals surface area contributed by atoms with E-state index in [0.717, 1.165) is 41.6 Å². The van der Waals surface area contributed by atoms with Gasteiger partial charge in [0.15, 0.2) is 0 Å². The molecule has 0 aliphatic carbocycles. The number of benzene rings is 1. The van der Waals surface area contributed by atoms with Gasteiger partial charge in [0.25, 0.3) is 0 Å². The van der Waals surface area contributed by atoms with Crippen LogP contribution in [-0.2, 0) is 19.4 Å². The lowest BCUT2D eigenvalue weighted by Crippen LogP contribution is -2.34. The van der Waals surface area contributed by atoms with Gasteiger partial charge in [-0.3, -0.25) is 0 Å². The minimum Gasteiger partial charge on any atom is -0.328 e. The molecule has 1 unspecified atom stereocenters. The fraction of sp³-hybridized carbons (Fsp3) is 0.471. The second kappa shape index (κ2) is 6.66. The quantitative estimate of drug-likeness (QED) is 0.774. The van der Waals surface area contributed by atoms with Crippen molar-refractivity contribution in [3.8, 4) is 0 Å². The Morgan fingerprint density at radius 3 is 3.00 bits per heavy atom. The Bertz CT molecular complexity index is 681. The normalized spacial score (nSPS) is 17.5. The lowest BCUT2D eigenvalue weighted by Gasteiger charge is -2.27. The van der Waals surface area contributed by atoms with Crippen LogP contribution >= 0.6 is 22.6 Å². The maximum absolute atomic E-state index is 13.7. The molecule has 0 radical (unpaired) electrons. The average molecular weight is 413 g/mol. The number of rotatable bonds is 4. The number of nitrogens with zero attached hydrogens (tertiary/aromatic N) is 2. The van der Waals surface area contributed by atoms with E-state index in [0.29, 0.717) is 11.6 Å². The number of aryl methyl sites for hydroxylation is 3. The van der Waals surface area contributed by atoms with Gasteiger partial charge < -0.3 is 9.88 Å². The van der Waals surface area contributed by atoms with Crippen LogP contribution in [0.3, 0.4) is 0 Å². The smallest absolute Gasteiger partial charge is 0.126 e. The zero-order valence-electron chi connectivity index (χ0n) is 13.0. The molecule has 2 heterocycles. The van der Waals surface area contributed by atoms with E-state index < -0.39 is 0 Å². The summed E-state index contributed by atoms with van der Waals surface area (Å²) in [6.07, 6.45) is 2.80. The minimum absolute atomic E-state index is 0.109. The van der Waals surface area contributed by atoms with Crippen LogP contribution in [0.2, 0.25) is 0 Å². The molecule has 22 heavy (non-hydrogen) atoms. The molecule has 1 aliphatic heterocycles. The lowest BCUT2D eigenvalue weighted by molar-refractivity contribution is 0.398. The van der Waals surface area contributed by atoms with Crippen molar-refractivity contribution in [1.82, 2.24) is 14.9 Å². The molecule has 1 aromatic heterocycles. The van der Waals surface area contributed by atoms with Gasteiger partial charge in [-0.25, -0.2) is 9.37 Å². The predicted octanol–water partition coefficient (Wildman–Crippen LogP) is 3.77. The van der Waals surface area contributed by atoms with Crippen molar-refractivity contribution < 1.29 is 4.39 Å². The molecule has 1 aliphatic rings. The maximum Gasteiger partial charge on any atom is 0.126 e. The number of imidazole rings is 1. The van der Waals surface area contributed by atoms with Crippen LogP contribution in [0.25, 0.3) is 0 Å². The molecule has 5 heteroatoms. The average Bonchev–Trinajstić information content (AvgIpc) is 2.85. The molecule has 0 saturated carbocycles. The highest BCUT2D eigenvalue weighted by Gasteiger charge is 2.25. The molecule has 3 nitrogen and oxygen atoms in total. The van der Waals surface area contributed by atoms with Gasteiger partial charge in [-0.15, -0.1) is 0 Å². The van der Waals surface area contributed by atoms with Gasteiger partial charge >= 0.3 is 0 Å². The molecule has 0 amide bonds. The molecule has 0 fully saturated rings. The first-order chi connectivity index (χ1) is 10.6. The second-order valence-electron chi connectivity index (χ2n) is 5.84. The van der Waals surface area contributed by atoms with Gasteiger partial charge in [0, 0.05) is 19.5 Å². The Morgan fingerprint density at radius 2 is 2.27 bits per heavy atom. The fourth-order valence-electron chi connectivity index (χ4n) is 3.12. The summed E-state index contributed by atoms with van der Waals surface area (Å²) in [6.45, 7) is 5.91. The van der Waals surface area contributed by atoms with Gasteiger partial charge in [-0.2, -0.15) is 0 Å². The first-order valence-corrected chi connectivity index (χ1v) is 8.91. The highest BCUT2D eigenvalue weighted by Crippen LogP contribution is 2.28. The van der Waals surface area contributed by atoms with E-state index in [1.165, 1.54) is 11.5 Å². The molecule has 1 N–H and O–H groups in total. The van der Waals surface area contributed by atoms with Crippen molar-refractivity contribution in [1.29, 1.82) is 0 Å². The van der Waals surface area contributed by atoms with Crippen molar-refractivity contribution in [2.24, 2.45) is 0 Å². The molecule has 0 spiro atoms. The standard InChI is InChI=1S/C17H21FIN3/c1-3-15-21-17(19)16-14(20-8-9-22(15)16)7-6-12-5-4-11(2)13(18)10-12/h4-5,10,14,20H,3,6-9H2,1-2H3. The first kappa shape index (κ1) is 15.9. The van der Waals surface area contributed by atoms with Crippen molar-refractivity contribution in [2.45, 2.75) is 45.7 Å². The van der Waals surface area contributed by atoms with E-state index in [1.807, 2.05) is 12.1 Å². The highest BCUT2D eigenvalue weighted by molar-refractivity contribution is 14.1. The summed E-state index contributed by atoms with van der Waals surface area (Å²) in [6, 6.07) is 5.86. The molecular formula is C17H21FIN3. The van der Waals surface area contributed by atoms with E-state index >= 15 is 0 Å². The summed E-state index contributed by atoms with van der Waals surface area (Å²) in [5.74, 6) is 1.06. The molecule has 0 saturated heterocycles. The zero-order valence-corrected chi connectivity index (χ0v) is 15.2. The molecule has 118 valence electrons. The molecule has 0 bridgehead atoms. The van der Waals surface area contributed by atoms with E-state index in [1.54, 1.807) is 13.0 Å². The van der Waals surface area contributed by atoms with E-state index in [-0.39, 0.29) is 5.82 Å². The summed E-state index contributed by atoms with van der Waals surface area (Å²) >= 11 is 2.33. The fourth-order valence-corrected chi connectivity index (χ4v) is 4.07. The van der Waals surface area contributed by atoms with Crippen LogP contribution in [0.5, 0.6) is 0 Å².